The van der Waals surface area contributed by atoms with Crippen molar-refractivity contribution in [1.82, 2.24) is 4.98 Å². The van der Waals surface area contributed by atoms with Crippen molar-refractivity contribution < 1.29 is 4.79 Å². The quantitative estimate of drug-likeness (QED) is 0.797. The van der Waals surface area contributed by atoms with Crippen LogP contribution in [-0.4, -0.2) is 10.9 Å². The molecule has 4 heteroatoms. The van der Waals surface area contributed by atoms with Gasteiger partial charge < -0.3 is 5.73 Å². The van der Waals surface area contributed by atoms with Crippen molar-refractivity contribution in [2.24, 2.45) is 11.7 Å². The number of primary amides is 1. The average Bonchev–Trinajstić information content (AvgIpc) is 2.33. The molecule has 0 saturated heterocycles. The molecule has 0 aliphatic heterocycles. The van der Waals surface area contributed by atoms with E-state index in [0.717, 1.165) is 17.1 Å². The fourth-order valence-corrected chi connectivity index (χ4v) is 1.90. The summed E-state index contributed by atoms with van der Waals surface area (Å²) in [7, 11) is 0. The lowest BCUT2D eigenvalue weighted by molar-refractivity contribution is -0.118. The van der Waals surface area contributed by atoms with Gasteiger partial charge in [-0.3, -0.25) is 4.79 Å². The zero-order valence-electron chi connectivity index (χ0n) is 7.91. The van der Waals surface area contributed by atoms with Gasteiger partial charge in [-0.15, -0.1) is 11.3 Å². The van der Waals surface area contributed by atoms with Crippen LogP contribution in [0.1, 0.15) is 24.0 Å². The molecular weight excluding hydrogens is 184 g/mol. The Morgan fingerprint density at radius 2 is 2.46 bits per heavy atom. The molecule has 0 bridgehead atoms. The van der Waals surface area contributed by atoms with Gasteiger partial charge in [-0.1, -0.05) is 6.92 Å². The third kappa shape index (κ3) is 3.55. The molecule has 0 fully saturated rings. The lowest BCUT2D eigenvalue weighted by Gasteiger charge is -2.05. The Morgan fingerprint density at radius 1 is 1.77 bits per heavy atom. The fourth-order valence-electron chi connectivity index (χ4n) is 1.27. The maximum Gasteiger partial charge on any atom is 0.217 e. The molecule has 1 rings (SSSR count). The van der Waals surface area contributed by atoms with Crippen molar-refractivity contribution in [3.05, 3.63) is 16.1 Å². The highest BCUT2D eigenvalue weighted by Crippen LogP contribution is 2.14. The molecule has 3 nitrogen and oxygen atoms in total. The van der Waals surface area contributed by atoms with E-state index in [1.807, 2.05) is 19.2 Å². The van der Waals surface area contributed by atoms with Crippen LogP contribution in [-0.2, 0) is 11.2 Å². The van der Waals surface area contributed by atoms with Crippen LogP contribution in [0.2, 0.25) is 0 Å². The van der Waals surface area contributed by atoms with Gasteiger partial charge in [-0.25, -0.2) is 4.98 Å². The molecule has 1 atom stereocenters. The van der Waals surface area contributed by atoms with Gasteiger partial charge in [-0.05, 0) is 19.3 Å². The molecule has 1 aromatic heterocycles. The van der Waals surface area contributed by atoms with Crippen LogP contribution in [0, 0.1) is 12.8 Å². The summed E-state index contributed by atoms with van der Waals surface area (Å²) in [5, 5.41) is 3.11. The van der Waals surface area contributed by atoms with E-state index >= 15 is 0 Å². The van der Waals surface area contributed by atoms with E-state index in [9.17, 15) is 4.79 Å². The number of aromatic nitrogens is 1. The number of hydrogen-bond acceptors (Lipinski definition) is 3. The molecule has 1 heterocycles. The van der Waals surface area contributed by atoms with Gasteiger partial charge in [0, 0.05) is 11.8 Å². The topological polar surface area (TPSA) is 56.0 Å². The molecule has 0 saturated carbocycles. The Balaban J connectivity index is 2.44. The Labute approximate surface area is 82.0 Å². The standard InChI is InChI=1S/C9H14N2OS/c1-6(4-9(10)12)3-8-5-13-7(2)11-8/h5-6H,3-4H2,1-2H3,(H2,10,12). The SMILES string of the molecule is Cc1nc(CC(C)CC(N)=O)cs1. The largest absolute Gasteiger partial charge is 0.370 e. The average molecular weight is 198 g/mol. The van der Waals surface area contributed by atoms with Gasteiger partial charge in [0.25, 0.3) is 0 Å². The van der Waals surface area contributed by atoms with Crippen LogP contribution in [0.3, 0.4) is 0 Å². The van der Waals surface area contributed by atoms with E-state index in [-0.39, 0.29) is 5.91 Å². The zero-order valence-corrected chi connectivity index (χ0v) is 8.73. The maximum absolute atomic E-state index is 10.6. The summed E-state index contributed by atoms with van der Waals surface area (Å²) in [6.07, 6.45) is 1.28. The first kappa shape index (κ1) is 10.2. The number of rotatable bonds is 4. The minimum atomic E-state index is -0.237. The lowest BCUT2D eigenvalue weighted by atomic mass is 10.0. The second-order valence-electron chi connectivity index (χ2n) is 3.34. The number of amides is 1. The summed E-state index contributed by atoms with van der Waals surface area (Å²) < 4.78 is 0. The van der Waals surface area contributed by atoms with Gasteiger partial charge >= 0.3 is 0 Å². The first-order chi connectivity index (χ1) is 6.08. The minimum absolute atomic E-state index is 0.237. The van der Waals surface area contributed by atoms with Crippen LogP contribution in [0.5, 0.6) is 0 Å². The van der Waals surface area contributed by atoms with E-state index in [1.54, 1.807) is 11.3 Å². The first-order valence-electron chi connectivity index (χ1n) is 4.27. The molecule has 0 aliphatic rings. The zero-order chi connectivity index (χ0) is 9.84. The van der Waals surface area contributed by atoms with Crippen molar-refractivity contribution in [2.75, 3.05) is 0 Å². The first-order valence-corrected chi connectivity index (χ1v) is 5.15. The Hall–Kier alpha value is -0.900. The maximum atomic E-state index is 10.6. The van der Waals surface area contributed by atoms with Crippen LogP contribution in [0.25, 0.3) is 0 Å². The highest BCUT2D eigenvalue weighted by Gasteiger charge is 2.08. The number of nitrogens with zero attached hydrogens (tertiary/aromatic N) is 1. The molecular formula is C9H14N2OS. The highest BCUT2D eigenvalue weighted by molar-refractivity contribution is 7.09. The highest BCUT2D eigenvalue weighted by atomic mass is 32.1. The van der Waals surface area contributed by atoms with Crippen molar-refractivity contribution >= 4 is 17.2 Å². The summed E-state index contributed by atoms with van der Waals surface area (Å²) in [6, 6.07) is 0. The number of hydrogen-bond donors (Lipinski definition) is 1. The summed E-state index contributed by atoms with van der Waals surface area (Å²) in [6.45, 7) is 3.99. The van der Waals surface area contributed by atoms with E-state index < -0.39 is 0 Å². The normalized spacial score (nSPS) is 12.8. The predicted molar refractivity (Wildman–Crippen MR) is 53.5 cm³/mol. The minimum Gasteiger partial charge on any atom is -0.370 e. The molecule has 0 aromatic carbocycles. The molecule has 1 unspecified atom stereocenters. The molecule has 0 aliphatic carbocycles. The number of carbonyl (C=O) groups is 1. The van der Waals surface area contributed by atoms with Crippen LogP contribution in [0.15, 0.2) is 5.38 Å². The van der Waals surface area contributed by atoms with Gasteiger partial charge in [-0.2, -0.15) is 0 Å². The predicted octanol–water partition coefficient (Wildman–Crippen LogP) is 1.51. The second-order valence-corrected chi connectivity index (χ2v) is 4.40. The summed E-state index contributed by atoms with van der Waals surface area (Å²) >= 11 is 1.64. The third-order valence-corrected chi connectivity index (χ3v) is 2.60. The lowest BCUT2D eigenvalue weighted by Crippen LogP contribution is -2.16. The number of aryl methyl sites for hydroxylation is 1. The summed E-state index contributed by atoms with van der Waals surface area (Å²) in [4.78, 5) is 14.9. The van der Waals surface area contributed by atoms with Crippen LogP contribution in [0.4, 0.5) is 0 Å². The van der Waals surface area contributed by atoms with Crippen molar-refractivity contribution in [1.29, 1.82) is 0 Å². The molecule has 13 heavy (non-hydrogen) atoms. The summed E-state index contributed by atoms with van der Waals surface area (Å²) in [5.74, 6) is 0.0541. The van der Waals surface area contributed by atoms with Gasteiger partial charge in [0.15, 0.2) is 0 Å². The van der Waals surface area contributed by atoms with Gasteiger partial charge in [0.05, 0.1) is 10.7 Å². The fraction of sp³-hybridized carbons (Fsp3) is 0.556. The van der Waals surface area contributed by atoms with E-state index in [2.05, 4.69) is 4.98 Å². The number of thiazole rings is 1. The van der Waals surface area contributed by atoms with Gasteiger partial charge in [0.2, 0.25) is 5.91 Å². The molecule has 0 spiro atoms. The van der Waals surface area contributed by atoms with E-state index in [0.29, 0.717) is 12.3 Å². The molecule has 72 valence electrons. The Bertz CT molecular complexity index is 296. The smallest absolute Gasteiger partial charge is 0.217 e. The molecule has 2 N–H and O–H groups in total. The Morgan fingerprint density at radius 3 is 2.92 bits per heavy atom. The van der Waals surface area contributed by atoms with Gasteiger partial charge in [0.1, 0.15) is 0 Å². The van der Waals surface area contributed by atoms with Crippen LogP contribution < -0.4 is 5.73 Å². The van der Waals surface area contributed by atoms with Crippen molar-refractivity contribution in [3.8, 4) is 0 Å². The van der Waals surface area contributed by atoms with Crippen molar-refractivity contribution in [3.63, 3.8) is 0 Å². The monoisotopic (exact) mass is 198 g/mol. The summed E-state index contributed by atoms with van der Waals surface area (Å²) in [5.41, 5.74) is 6.16. The molecule has 0 radical (unpaired) electrons. The second kappa shape index (κ2) is 4.37. The van der Waals surface area contributed by atoms with E-state index in [4.69, 9.17) is 5.73 Å². The Kier molecular flexibility index (Phi) is 3.42. The van der Waals surface area contributed by atoms with Crippen molar-refractivity contribution in [2.45, 2.75) is 26.7 Å². The third-order valence-electron chi connectivity index (χ3n) is 1.77. The molecule has 1 aromatic rings. The number of carbonyl (C=O) groups excluding carboxylic acids is 1. The van der Waals surface area contributed by atoms with Crippen LogP contribution >= 0.6 is 11.3 Å². The molecule has 1 amide bonds. The number of nitrogens with two attached hydrogens (primary N) is 1. The van der Waals surface area contributed by atoms with E-state index in [1.165, 1.54) is 0 Å².